The number of urea groups is 1. The summed E-state index contributed by atoms with van der Waals surface area (Å²) in [6.45, 7) is 4.70. The number of carbonyl (C=O) groups is 4. The number of carboxylic acid groups (broad SMARTS) is 1. The molecule has 1 aromatic heterocycles. The molecule has 4 N–H and O–H groups in total. The third-order valence-electron chi connectivity index (χ3n) is 7.61. The summed E-state index contributed by atoms with van der Waals surface area (Å²) in [7, 11) is 0. The molecule has 0 spiro atoms. The van der Waals surface area contributed by atoms with Gasteiger partial charge in [-0.3, -0.25) is 19.8 Å². The minimum absolute atomic E-state index is 0.0868. The quantitative estimate of drug-likeness (QED) is 0.229. The van der Waals surface area contributed by atoms with Crippen molar-refractivity contribution < 1.29 is 52.1 Å². The molecule has 0 saturated carbocycles. The van der Waals surface area contributed by atoms with Gasteiger partial charge in [0.15, 0.2) is 0 Å². The van der Waals surface area contributed by atoms with Gasteiger partial charge in [-0.05, 0) is 49.7 Å². The zero-order chi connectivity index (χ0) is 34.1. The van der Waals surface area contributed by atoms with Crippen molar-refractivity contribution >= 4 is 34.7 Å². The van der Waals surface area contributed by atoms with Crippen LogP contribution >= 0.6 is 0 Å². The number of aromatic nitrogens is 1. The van der Waals surface area contributed by atoms with E-state index < -0.39 is 30.0 Å². The van der Waals surface area contributed by atoms with E-state index in [0.717, 1.165) is 22.2 Å². The number of carboxylic acids is 1. The molecule has 2 fully saturated rings. The number of rotatable bonds is 6. The Kier molecular flexibility index (Phi) is 11.6. The van der Waals surface area contributed by atoms with Crippen molar-refractivity contribution in [1.82, 2.24) is 25.6 Å². The van der Waals surface area contributed by atoms with Crippen LogP contribution in [0.2, 0.25) is 0 Å². The van der Waals surface area contributed by atoms with E-state index in [-0.39, 0.29) is 18.5 Å². The van der Waals surface area contributed by atoms with Gasteiger partial charge in [-0.15, -0.1) is 0 Å². The van der Waals surface area contributed by atoms with Gasteiger partial charge in [-0.2, -0.15) is 13.2 Å². The number of nitrogens with zero attached hydrogens (tertiary/aromatic N) is 3. The van der Waals surface area contributed by atoms with E-state index in [1.54, 1.807) is 39.5 Å². The second-order valence-electron chi connectivity index (χ2n) is 10.8. The minimum atomic E-state index is -5.08. The number of halogens is 3. The number of pyridine rings is 1. The fourth-order valence-electron chi connectivity index (χ4n) is 5.23. The van der Waals surface area contributed by atoms with E-state index in [1.807, 2.05) is 37.3 Å². The van der Waals surface area contributed by atoms with Crippen molar-refractivity contribution in [3.05, 3.63) is 71.4 Å². The summed E-state index contributed by atoms with van der Waals surface area (Å²) in [5.74, 6) is -3.94. The number of hydrogen-bond donors (Lipinski definition) is 4. The highest BCUT2D eigenvalue weighted by atomic mass is 19.4. The summed E-state index contributed by atoms with van der Waals surface area (Å²) in [4.78, 5) is 55.2. The van der Waals surface area contributed by atoms with Gasteiger partial charge in [0.25, 0.3) is 5.91 Å². The van der Waals surface area contributed by atoms with E-state index in [2.05, 4.69) is 10.3 Å². The van der Waals surface area contributed by atoms with E-state index in [1.165, 1.54) is 0 Å². The lowest BCUT2D eigenvalue weighted by Gasteiger charge is -2.40. The number of aliphatic carboxylic acids is 1. The van der Waals surface area contributed by atoms with Crippen molar-refractivity contribution in [2.24, 2.45) is 5.92 Å². The Labute approximate surface area is 267 Å². The average molecular weight is 662 g/mol. The second kappa shape index (κ2) is 15.6. The summed E-state index contributed by atoms with van der Waals surface area (Å²) in [5.41, 5.74) is 4.94. The Bertz CT molecular complexity index is 1580. The molecule has 2 saturated heterocycles. The van der Waals surface area contributed by atoms with Crippen LogP contribution in [-0.2, 0) is 20.9 Å². The first-order valence-electron chi connectivity index (χ1n) is 14.6. The minimum Gasteiger partial charge on any atom is -0.489 e. The monoisotopic (exact) mass is 661 g/mol. The first kappa shape index (κ1) is 34.9. The van der Waals surface area contributed by atoms with Crippen molar-refractivity contribution in [3.63, 3.8) is 0 Å². The highest BCUT2D eigenvalue weighted by Crippen LogP contribution is 2.23. The molecule has 4 amide bonds. The topological polar surface area (TPSA) is 171 Å². The number of fused-ring (bicyclic) bond motifs is 1. The van der Waals surface area contributed by atoms with Gasteiger partial charge in [0, 0.05) is 54.4 Å². The van der Waals surface area contributed by atoms with E-state index >= 15 is 0 Å². The predicted molar refractivity (Wildman–Crippen MR) is 160 cm³/mol. The Morgan fingerprint density at radius 2 is 1.68 bits per heavy atom. The third-order valence-corrected chi connectivity index (χ3v) is 7.61. The number of morpholine rings is 1. The van der Waals surface area contributed by atoms with Gasteiger partial charge in [0.2, 0.25) is 5.91 Å². The molecule has 3 aromatic rings. The zero-order valence-electron chi connectivity index (χ0n) is 25.3. The molecule has 3 heterocycles. The normalized spacial score (nSPS) is 18.1. The van der Waals surface area contributed by atoms with Crippen LogP contribution in [0, 0.1) is 12.8 Å². The molecule has 0 bridgehead atoms. The maximum absolute atomic E-state index is 13.1. The third kappa shape index (κ3) is 9.29. The maximum atomic E-state index is 13.1. The van der Waals surface area contributed by atoms with Crippen LogP contribution in [-0.4, -0.2) is 101 Å². The van der Waals surface area contributed by atoms with Crippen molar-refractivity contribution in [1.29, 1.82) is 0 Å². The summed E-state index contributed by atoms with van der Waals surface area (Å²) in [6, 6.07) is 16.0. The number of para-hydroxylation sites is 1. The molecule has 2 aromatic carbocycles. The molecule has 2 aliphatic rings. The van der Waals surface area contributed by atoms with Crippen molar-refractivity contribution in [3.8, 4) is 5.75 Å². The molecule has 0 unspecified atom stereocenters. The molecule has 2 atom stereocenters. The molecular weight excluding hydrogens is 627 g/mol. The van der Waals surface area contributed by atoms with Crippen LogP contribution in [0.3, 0.4) is 0 Å². The molecule has 16 heteroatoms. The average Bonchev–Trinajstić information content (AvgIpc) is 3.07. The van der Waals surface area contributed by atoms with Gasteiger partial charge in [-0.1, -0.05) is 18.2 Å². The predicted octanol–water partition coefficient (Wildman–Crippen LogP) is 3.13. The molecule has 13 nitrogen and oxygen atoms in total. The maximum Gasteiger partial charge on any atom is 0.490 e. The first-order valence-corrected chi connectivity index (χ1v) is 14.6. The number of amides is 4. The van der Waals surface area contributed by atoms with Crippen molar-refractivity contribution in [2.45, 2.75) is 32.2 Å². The van der Waals surface area contributed by atoms with Gasteiger partial charge in [0.05, 0.1) is 24.6 Å². The Morgan fingerprint density at radius 1 is 1.02 bits per heavy atom. The fourth-order valence-corrected chi connectivity index (χ4v) is 5.23. The van der Waals surface area contributed by atoms with Crippen molar-refractivity contribution in [2.75, 3.05) is 39.4 Å². The number of hydroxylamine groups is 1. The lowest BCUT2D eigenvalue weighted by atomic mass is 9.91. The summed E-state index contributed by atoms with van der Waals surface area (Å²) >= 11 is 0. The van der Waals surface area contributed by atoms with Crippen LogP contribution in [0.1, 0.15) is 28.0 Å². The lowest BCUT2D eigenvalue weighted by Crippen LogP contribution is -2.59. The highest BCUT2D eigenvalue weighted by Gasteiger charge is 2.39. The number of aryl methyl sites for hydroxylation is 1. The fraction of sp³-hybridized carbons (Fsp3) is 0.387. The van der Waals surface area contributed by atoms with E-state index in [0.29, 0.717) is 57.2 Å². The number of nitrogens with one attached hydrogen (secondary N) is 2. The molecule has 47 heavy (non-hydrogen) atoms. The molecular formula is C31H34F3N5O8. The Balaban J connectivity index is 0.000000644. The number of alkyl halides is 3. The second-order valence-corrected chi connectivity index (χ2v) is 10.8. The zero-order valence-corrected chi connectivity index (χ0v) is 25.3. The van der Waals surface area contributed by atoms with Crippen LogP contribution in [0.4, 0.5) is 18.0 Å². The number of benzene rings is 2. The van der Waals surface area contributed by atoms with Crippen LogP contribution in [0.15, 0.2) is 54.6 Å². The van der Waals surface area contributed by atoms with Gasteiger partial charge in [-0.25, -0.2) is 15.1 Å². The lowest BCUT2D eigenvalue weighted by molar-refractivity contribution is -0.192. The van der Waals surface area contributed by atoms with E-state index in [4.69, 9.17) is 19.4 Å². The first-order chi connectivity index (χ1) is 22.4. The SMILES string of the molecule is Cc1cc(COc2ccc(C(=O)N[C@@H]3CCN(C(=O)N4CCOCC4)C[C@@H]3C(=O)NO)cc2)c2ccccc2n1.O=C(O)C(F)(F)F. The molecule has 252 valence electrons. The number of likely N-dealkylation sites (tertiary alicyclic amines) is 1. The van der Waals surface area contributed by atoms with Crippen LogP contribution in [0.25, 0.3) is 10.9 Å². The van der Waals surface area contributed by atoms with Gasteiger partial charge in [0.1, 0.15) is 12.4 Å². The number of hydrogen-bond acceptors (Lipinski definition) is 8. The highest BCUT2D eigenvalue weighted by molar-refractivity contribution is 5.95. The smallest absolute Gasteiger partial charge is 0.489 e. The molecule has 0 radical (unpaired) electrons. The van der Waals surface area contributed by atoms with Gasteiger partial charge < -0.3 is 29.7 Å². The standard InChI is InChI=1S/C29H33N5O6.C2HF3O2/c1-19-16-21(23-4-2-3-5-25(23)30-19)18-40-22-8-6-20(7-9-22)27(35)31-26-10-11-34(17-24(26)28(36)32-38)29(37)33-12-14-39-15-13-33;3-2(4,5)1(6)7/h2-9,16,24,26,38H,10-15,17-18H2,1H3,(H,31,35)(H,32,36);(H,6,7)/t24-,26+;/m0./s1. The summed E-state index contributed by atoms with van der Waals surface area (Å²) in [5, 5.41) is 20.4. The molecule has 0 aliphatic carbocycles. The van der Waals surface area contributed by atoms with Crippen LogP contribution in [0.5, 0.6) is 5.75 Å². The molecule has 2 aliphatic heterocycles. The summed E-state index contributed by atoms with van der Waals surface area (Å²) < 4.78 is 43.0. The Hall–Kier alpha value is -4.96. The molecule has 5 rings (SSSR count). The number of piperidine rings is 1. The Morgan fingerprint density at radius 3 is 2.32 bits per heavy atom. The van der Waals surface area contributed by atoms with Crippen LogP contribution < -0.4 is 15.5 Å². The summed E-state index contributed by atoms with van der Waals surface area (Å²) in [6.07, 6.45) is -4.71. The number of carbonyl (C=O) groups excluding carboxylic acids is 3. The van der Waals surface area contributed by atoms with E-state index in [9.17, 15) is 32.8 Å². The largest absolute Gasteiger partial charge is 0.490 e. The van der Waals surface area contributed by atoms with Gasteiger partial charge >= 0.3 is 18.2 Å². The number of ether oxygens (including phenoxy) is 2.